The zero-order chi connectivity index (χ0) is 17.9. The third-order valence-electron chi connectivity index (χ3n) is 2.93. The Hall–Kier alpha value is -1.65. The largest absolute Gasteiger partial charge is 0.296 e. The van der Waals surface area contributed by atoms with Crippen LogP contribution >= 0.6 is 23.1 Å². The fourth-order valence-corrected chi connectivity index (χ4v) is 4.18. The average molecular weight is 387 g/mol. The highest BCUT2D eigenvalue weighted by molar-refractivity contribution is 8.01. The predicted octanol–water partition coefficient (Wildman–Crippen LogP) is 2.69. The van der Waals surface area contributed by atoms with Gasteiger partial charge in [0, 0.05) is 17.9 Å². The van der Waals surface area contributed by atoms with Crippen LogP contribution in [-0.2, 0) is 10.0 Å². The van der Waals surface area contributed by atoms with Gasteiger partial charge in [0.2, 0.25) is 15.2 Å². The average Bonchev–Trinajstić information content (AvgIpc) is 2.91. The van der Waals surface area contributed by atoms with Crippen molar-refractivity contribution in [2.24, 2.45) is 0 Å². The second-order valence-corrected chi connectivity index (χ2v) is 10.1. The van der Waals surface area contributed by atoms with Crippen LogP contribution in [0.25, 0.3) is 0 Å². The SMILES string of the molecule is CC(C)Sc1nnc(NC(=O)c2cccc(N(C)S(C)(=O)=O)c2)s1. The van der Waals surface area contributed by atoms with E-state index in [0.29, 0.717) is 21.6 Å². The summed E-state index contributed by atoms with van der Waals surface area (Å²) in [7, 11) is -1.95. The van der Waals surface area contributed by atoms with Crippen LogP contribution in [0.3, 0.4) is 0 Å². The molecule has 10 heteroatoms. The van der Waals surface area contributed by atoms with Crippen LogP contribution in [0.1, 0.15) is 24.2 Å². The van der Waals surface area contributed by atoms with Crippen molar-refractivity contribution in [3.63, 3.8) is 0 Å². The number of nitrogens with zero attached hydrogens (tertiary/aromatic N) is 3. The van der Waals surface area contributed by atoms with Crippen LogP contribution in [0.4, 0.5) is 10.8 Å². The third kappa shape index (κ3) is 4.92. The van der Waals surface area contributed by atoms with Crippen molar-refractivity contribution in [2.75, 3.05) is 22.9 Å². The number of nitrogens with one attached hydrogen (secondary N) is 1. The van der Waals surface area contributed by atoms with Crippen molar-refractivity contribution in [3.8, 4) is 0 Å². The van der Waals surface area contributed by atoms with Gasteiger partial charge in [0.05, 0.1) is 11.9 Å². The molecule has 0 fully saturated rings. The summed E-state index contributed by atoms with van der Waals surface area (Å²) in [6.45, 7) is 4.10. The molecule has 1 heterocycles. The quantitative estimate of drug-likeness (QED) is 0.606. The number of thioether (sulfide) groups is 1. The van der Waals surface area contributed by atoms with Crippen LogP contribution in [-0.4, -0.2) is 43.1 Å². The highest BCUT2D eigenvalue weighted by Crippen LogP contribution is 2.28. The molecule has 24 heavy (non-hydrogen) atoms. The van der Waals surface area contributed by atoms with E-state index in [1.54, 1.807) is 30.0 Å². The maximum atomic E-state index is 12.3. The van der Waals surface area contributed by atoms with Gasteiger partial charge in [0.15, 0.2) is 4.34 Å². The van der Waals surface area contributed by atoms with Crippen molar-refractivity contribution < 1.29 is 13.2 Å². The van der Waals surface area contributed by atoms with Crippen LogP contribution in [0.2, 0.25) is 0 Å². The minimum Gasteiger partial charge on any atom is -0.296 e. The highest BCUT2D eigenvalue weighted by atomic mass is 32.2. The van der Waals surface area contributed by atoms with Crippen LogP contribution in [0.5, 0.6) is 0 Å². The molecule has 0 aliphatic carbocycles. The number of anilines is 2. The summed E-state index contributed by atoms with van der Waals surface area (Å²) in [5.74, 6) is -0.365. The summed E-state index contributed by atoms with van der Waals surface area (Å²) in [5, 5.41) is 11.4. The zero-order valence-electron chi connectivity index (χ0n) is 13.7. The van der Waals surface area contributed by atoms with Crippen molar-refractivity contribution in [1.29, 1.82) is 0 Å². The van der Waals surface area contributed by atoms with Gasteiger partial charge in [-0.1, -0.05) is 43.0 Å². The molecule has 7 nitrogen and oxygen atoms in total. The van der Waals surface area contributed by atoms with Gasteiger partial charge in [0.1, 0.15) is 0 Å². The molecule has 0 saturated carbocycles. The Morgan fingerprint density at radius 1 is 1.33 bits per heavy atom. The van der Waals surface area contributed by atoms with Crippen molar-refractivity contribution in [3.05, 3.63) is 29.8 Å². The molecule has 2 aromatic rings. The summed E-state index contributed by atoms with van der Waals surface area (Å²) in [4.78, 5) is 12.3. The number of sulfonamides is 1. The van der Waals surface area contributed by atoms with Crippen molar-refractivity contribution in [1.82, 2.24) is 10.2 Å². The topological polar surface area (TPSA) is 92.3 Å². The van der Waals surface area contributed by atoms with Gasteiger partial charge in [-0.05, 0) is 18.2 Å². The number of carbonyl (C=O) groups excluding carboxylic acids is 1. The predicted molar refractivity (Wildman–Crippen MR) is 98.5 cm³/mol. The molecule has 0 unspecified atom stereocenters. The van der Waals surface area contributed by atoms with Gasteiger partial charge < -0.3 is 0 Å². The molecule has 1 amide bonds. The molecular weight excluding hydrogens is 368 g/mol. The molecule has 1 aromatic heterocycles. The molecule has 0 saturated heterocycles. The van der Waals surface area contributed by atoms with Crippen molar-refractivity contribution >= 4 is 49.8 Å². The monoisotopic (exact) mass is 386 g/mol. The van der Waals surface area contributed by atoms with E-state index < -0.39 is 10.0 Å². The number of rotatable bonds is 6. The Labute approximate surface area is 149 Å². The Kier molecular flexibility index (Phi) is 5.83. The molecule has 1 aromatic carbocycles. The first-order valence-corrected chi connectivity index (χ1v) is 10.6. The molecule has 0 radical (unpaired) electrons. The molecule has 0 spiro atoms. The third-order valence-corrected chi connectivity index (χ3v) is 6.07. The lowest BCUT2D eigenvalue weighted by atomic mass is 10.2. The summed E-state index contributed by atoms with van der Waals surface area (Å²) in [5.41, 5.74) is 0.759. The van der Waals surface area contributed by atoms with E-state index >= 15 is 0 Å². The molecule has 2 rings (SSSR count). The number of amides is 1. The maximum Gasteiger partial charge on any atom is 0.257 e. The van der Waals surface area contributed by atoms with Crippen LogP contribution < -0.4 is 9.62 Å². The summed E-state index contributed by atoms with van der Waals surface area (Å²) in [6.07, 6.45) is 1.11. The number of carbonyl (C=O) groups is 1. The minimum absolute atomic E-state index is 0.344. The highest BCUT2D eigenvalue weighted by Gasteiger charge is 2.15. The lowest BCUT2D eigenvalue weighted by molar-refractivity contribution is 0.102. The number of benzene rings is 1. The Morgan fingerprint density at radius 3 is 2.67 bits per heavy atom. The molecule has 130 valence electrons. The van der Waals surface area contributed by atoms with E-state index in [2.05, 4.69) is 15.5 Å². The minimum atomic E-state index is -3.39. The molecule has 0 bridgehead atoms. The first-order valence-electron chi connectivity index (χ1n) is 7.02. The van der Waals surface area contributed by atoms with E-state index in [1.165, 1.54) is 24.5 Å². The van der Waals surface area contributed by atoms with Gasteiger partial charge in [-0.25, -0.2) is 8.42 Å². The fraction of sp³-hybridized carbons (Fsp3) is 0.357. The van der Waals surface area contributed by atoms with Crippen molar-refractivity contribution in [2.45, 2.75) is 23.4 Å². The fourth-order valence-electron chi connectivity index (χ4n) is 1.71. The van der Waals surface area contributed by atoms with Gasteiger partial charge in [-0.15, -0.1) is 10.2 Å². The summed E-state index contributed by atoms with van der Waals surface area (Å²) >= 11 is 2.87. The van der Waals surface area contributed by atoms with Gasteiger partial charge in [-0.3, -0.25) is 14.4 Å². The summed E-state index contributed by atoms with van der Waals surface area (Å²) in [6, 6.07) is 6.38. The number of hydrogen-bond acceptors (Lipinski definition) is 7. The first-order chi connectivity index (χ1) is 11.2. The smallest absolute Gasteiger partial charge is 0.257 e. The molecular formula is C14H18N4O3S3. The van der Waals surface area contributed by atoms with Gasteiger partial charge >= 0.3 is 0 Å². The lowest BCUT2D eigenvalue weighted by Crippen LogP contribution is -2.25. The van der Waals surface area contributed by atoms with E-state index in [4.69, 9.17) is 0 Å². The zero-order valence-corrected chi connectivity index (χ0v) is 16.1. The number of aromatic nitrogens is 2. The van der Waals surface area contributed by atoms with E-state index in [1.807, 2.05) is 13.8 Å². The van der Waals surface area contributed by atoms with E-state index in [0.717, 1.165) is 14.9 Å². The maximum absolute atomic E-state index is 12.3. The molecule has 0 aliphatic rings. The normalized spacial score (nSPS) is 11.5. The lowest BCUT2D eigenvalue weighted by Gasteiger charge is -2.17. The van der Waals surface area contributed by atoms with E-state index in [9.17, 15) is 13.2 Å². The van der Waals surface area contributed by atoms with Crippen LogP contribution in [0.15, 0.2) is 28.6 Å². The van der Waals surface area contributed by atoms with Gasteiger partial charge in [0.25, 0.3) is 5.91 Å². The standard InChI is InChI=1S/C14H18N4O3S3/c1-9(2)22-14-17-16-13(23-14)15-12(19)10-6-5-7-11(8-10)18(3)24(4,20)21/h5-9H,1-4H3,(H,15,16,19). The second-order valence-electron chi connectivity index (χ2n) is 5.27. The van der Waals surface area contributed by atoms with Gasteiger partial charge in [-0.2, -0.15) is 0 Å². The molecule has 0 aliphatic heterocycles. The Bertz CT molecular complexity index is 833. The second kappa shape index (κ2) is 7.49. The Morgan fingerprint density at radius 2 is 2.04 bits per heavy atom. The first kappa shape index (κ1) is 18.7. The molecule has 0 atom stereocenters. The Balaban J connectivity index is 2.14. The molecule has 1 N–H and O–H groups in total. The number of hydrogen-bond donors (Lipinski definition) is 1. The van der Waals surface area contributed by atoms with Crippen LogP contribution in [0, 0.1) is 0 Å². The summed E-state index contributed by atoms with van der Waals surface area (Å²) < 4.78 is 25.1. The van der Waals surface area contributed by atoms with E-state index in [-0.39, 0.29) is 5.91 Å².